The normalized spacial score (nSPS) is 11.3. The molecule has 0 bridgehead atoms. The van der Waals surface area contributed by atoms with Gasteiger partial charge in [-0.05, 0) is 39.7 Å². The lowest BCUT2D eigenvalue weighted by atomic mass is 9.97. The van der Waals surface area contributed by atoms with Crippen LogP contribution >= 0.6 is 11.3 Å². The fourth-order valence-corrected chi connectivity index (χ4v) is 2.46. The molecule has 1 aromatic rings. The van der Waals surface area contributed by atoms with Crippen molar-refractivity contribution >= 4 is 23.2 Å². The molecule has 0 saturated heterocycles. The predicted molar refractivity (Wildman–Crippen MR) is 72.2 cm³/mol. The van der Waals surface area contributed by atoms with E-state index < -0.39 is 11.5 Å². The summed E-state index contributed by atoms with van der Waals surface area (Å²) in [5.74, 6) is -0.980. The van der Waals surface area contributed by atoms with Crippen LogP contribution in [0.25, 0.3) is 0 Å². The first-order valence-corrected chi connectivity index (χ1v) is 6.70. The Bertz CT molecular complexity index is 463. The highest BCUT2D eigenvalue weighted by Gasteiger charge is 2.23. The maximum atomic E-state index is 12.1. The summed E-state index contributed by atoms with van der Waals surface area (Å²) in [5, 5.41) is 13.4. The largest absolute Gasteiger partial charge is 0.481 e. The summed E-state index contributed by atoms with van der Waals surface area (Å²) in [6, 6.07) is 0. The molecule has 0 radical (unpaired) electrons. The van der Waals surface area contributed by atoms with Crippen molar-refractivity contribution in [2.24, 2.45) is 0 Å². The Hall–Kier alpha value is -1.36. The van der Waals surface area contributed by atoms with Gasteiger partial charge in [-0.3, -0.25) is 9.59 Å². The van der Waals surface area contributed by atoms with Gasteiger partial charge in [-0.2, -0.15) is 0 Å². The average molecular weight is 269 g/mol. The van der Waals surface area contributed by atoms with E-state index in [0.29, 0.717) is 12.0 Å². The minimum absolute atomic E-state index is 0.0505. The number of amides is 1. The highest BCUT2D eigenvalue weighted by Crippen LogP contribution is 2.21. The molecule has 0 unspecified atom stereocenters. The van der Waals surface area contributed by atoms with Gasteiger partial charge in [-0.25, -0.2) is 0 Å². The number of rotatable bonds is 5. The van der Waals surface area contributed by atoms with Crippen LogP contribution in [0.15, 0.2) is 5.38 Å². The second-order valence-electron chi connectivity index (χ2n) is 5.06. The Morgan fingerprint density at radius 1 is 1.39 bits per heavy atom. The number of aliphatic carboxylic acids is 1. The highest BCUT2D eigenvalue weighted by atomic mass is 32.1. The third kappa shape index (κ3) is 3.84. The van der Waals surface area contributed by atoms with Crippen molar-refractivity contribution in [2.75, 3.05) is 0 Å². The van der Waals surface area contributed by atoms with Crippen molar-refractivity contribution < 1.29 is 14.7 Å². The van der Waals surface area contributed by atoms with Crippen molar-refractivity contribution in [3.63, 3.8) is 0 Å². The van der Waals surface area contributed by atoms with E-state index in [1.54, 1.807) is 11.3 Å². The number of carbonyl (C=O) groups is 2. The van der Waals surface area contributed by atoms with Crippen molar-refractivity contribution in [3.05, 3.63) is 21.4 Å². The minimum atomic E-state index is -0.847. The van der Waals surface area contributed by atoms with Gasteiger partial charge in [0.2, 0.25) is 0 Å². The first kappa shape index (κ1) is 14.7. The number of thiophene rings is 1. The maximum absolute atomic E-state index is 12.1. The third-order valence-electron chi connectivity index (χ3n) is 2.95. The van der Waals surface area contributed by atoms with Gasteiger partial charge >= 0.3 is 5.97 Å². The van der Waals surface area contributed by atoms with Crippen molar-refractivity contribution in [1.29, 1.82) is 0 Å². The number of hydrogen-bond acceptors (Lipinski definition) is 3. The van der Waals surface area contributed by atoms with E-state index in [0.717, 1.165) is 10.4 Å². The van der Waals surface area contributed by atoms with Crippen LogP contribution < -0.4 is 5.32 Å². The SMILES string of the molecule is Cc1scc(C(=O)NC(C)(C)CCC(=O)O)c1C. The lowest BCUT2D eigenvalue weighted by molar-refractivity contribution is -0.137. The van der Waals surface area contributed by atoms with E-state index in [1.165, 1.54) is 0 Å². The molecule has 2 N–H and O–H groups in total. The van der Waals surface area contributed by atoms with Gasteiger partial charge in [0.1, 0.15) is 0 Å². The van der Waals surface area contributed by atoms with Gasteiger partial charge in [0, 0.05) is 22.2 Å². The molecule has 1 heterocycles. The number of carbonyl (C=O) groups excluding carboxylic acids is 1. The Morgan fingerprint density at radius 3 is 2.44 bits per heavy atom. The molecular formula is C13H19NO3S. The Labute approximate surface area is 111 Å². The quantitative estimate of drug-likeness (QED) is 0.863. The summed E-state index contributed by atoms with van der Waals surface area (Å²) in [6.45, 7) is 7.57. The van der Waals surface area contributed by atoms with Gasteiger partial charge in [-0.15, -0.1) is 11.3 Å². The monoisotopic (exact) mass is 269 g/mol. The molecule has 18 heavy (non-hydrogen) atoms. The number of nitrogens with one attached hydrogen (secondary N) is 1. The summed E-state index contributed by atoms with van der Waals surface area (Å²) in [7, 11) is 0. The molecule has 0 aliphatic rings. The van der Waals surface area contributed by atoms with Crippen molar-refractivity contribution in [1.82, 2.24) is 5.32 Å². The van der Waals surface area contributed by atoms with Crippen LogP contribution in [0.4, 0.5) is 0 Å². The minimum Gasteiger partial charge on any atom is -0.481 e. The Balaban J connectivity index is 2.69. The van der Waals surface area contributed by atoms with Crippen molar-refractivity contribution in [2.45, 2.75) is 46.1 Å². The standard InChI is InChI=1S/C13H19NO3S/c1-8-9(2)18-7-10(8)12(17)14-13(3,4)6-5-11(15)16/h7H,5-6H2,1-4H3,(H,14,17)(H,15,16). The highest BCUT2D eigenvalue weighted by molar-refractivity contribution is 7.10. The molecule has 1 amide bonds. The summed E-state index contributed by atoms with van der Waals surface area (Å²) in [5.41, 5.74) is 1.16. The zero-order valence-corrected chi connectivity index (χ0v) is 12.0. The molecule has 5 heteroatoms. The van der Waals surface area contributed by atoms with E-state index in [4.69, 9.17) is 5.11 Å². The lowest BCUT2D eigenvalue weighted by Crippen LogP contribution is -2.43. The van der Waals surface area contributed by atoms with Gasteiger partial charge < -0.3 is 10.4 Å². The van der Waals surface area contributed by atoms with Crippen LogP contribution in [0, 0.1) is 13.8 Å². The second-order valence-corrected chi connectivity index (χ2v) is 6.15. The molecule has 0 spiro atoms. The van der Waals surface area contributed by atoms with E-state index in [2.05, 4.69) is 5.32 Å². The molecule has 0 fully saturated rings. The van der Waals surface area contributed by atoms with E-state index in [1.807, 2.05) is 33.1 Å². The predicted octanol–water partition coefficient (Wildman–Crippen LogP) is 2.74. The maximum Gasteiger partial charge on any atom is 0.303 e. The van der Waals surface area contributed by atoms with Crippen molar-refractivity contribution in [3.8, 4) is 0 Å². The fourth-order valence-electron chi connectivity index (χ4n) is 1.59. The molecule has 0 aliphatic heterocycles. The Morgan fingerprint density at radius 2 is 2.00 bits per heavy atom. The van der Waals surface area contributed by atoms with Gasteiger partial charge in [-0.1, -0.05) is 0 Å². The molecule has 1 rings (SSSR count). The van der Waals surface area contributed by atoms with Gasteiger partial charge in [0.15, 0.2) is 0 Å². The third-order valence-corrected chi connectivity index (χ3v) is 3.96. The molecule has 100 valence electrons. The summed E-state index contributed by atoms with van der Waals surface area (Å²) < 4.78 is 0. The molecule has 1 aromatic heterocycles. The first-order chi connectivity index (χ1) is 8.23. The summed E-state index contributed by atoms with van der Waals surface area (Å²) in [4.78, 5) is 23.8. The number of carboxylic acid groups (broad SMARTS) is 1. The smallest absolute Gasteiger partial charge is 0.303 e. The van der Waals surface area contributed by atoms with Crippen LogP contribution in [0.1, 0.15) is 47.5 Å². The van der Waals surface area contributed by atoms with E-state index in [-0.39, 0.29) is 12.3 Å². The number of hydrogen-bond donors (Lipinski definition) is 2. The van der Waals surface area contributed by atoms with Crippen LogP contribution in [0.2, 0.25) is 0 Å². The second kappa shape index (κ2) is 5.52. The first-order valence-electron chi connectivity index (χ1n) is 5.82. The van der Waals surface area contributed by atoms with E-state index >= 15 is 0 Å². The van der Waals surface area contributed by atoms with Crippen LogP contribution in [-0.2, 0) is 4.79 Å². The van der Waals surface area contributed by atoms with Crippen LogP contribution in [-0.4, -0.2) is 22.5 Å². The van der Waals surface area contributed by atoms with Gasteiger partial charge in [0.25, 0.3) is 5.91 Å². The molecule has 4 nitrogen and oxygen atoms in total. The van der Waals surface area contributed by atoms with Crippen LogP contribution in [0.3, 0.4) is 0 Å². The summed E-state index contributed by atoms with van der Waals surface area (Å²) >= 11 is 1.55. The lowest BCUT2D eigenvalue weighted by Gasteiger charge is -2.25. The number of carboxylic acids is 1. The summed E-state index contributed by atoms with van der Waals surface area (Å²) in [6.07, 6.45) is 0.463. The number of aryl methyl sites for hydroxylation is 1. The topological polar surface area (TPSA) is 66.4 Å². The molecular weight excluding hydrogens is 250 g/mol. The van der Waals surface area contributed by atoms with Crippen LogP contribution in [0.5, 0.6) is 0 Å². The molecule has 0 aliphatic carbocycles. The molecule has 0 aromatic carbocycles. The zero-order valence-electron chi connectivity index (χ0n) is 11.2. The van der Waals surface area contributed by atoms with Gasteiger partial charge in [0.05, 0.1) is 5.56 Å². The molecule has 0 saturated carbocycles. The zero-order chi connectivity index (χ0) is 13.9. The van der Waals surface area contributed by atoms with E-state index in [9.17, 15) is 9.59 Å². The Kier molecular flexibility index (Phi) is 4.51. The molecule has 0 atom stereocenters. The average Bonchev–Trinajstić information content (AvgIpc) is 2.56. The fraction of sp³-hybridized carbons (Fsp3) is 0.538.